The molecule has 1 N–H and O–H groups in total. The fraction of sp³-hybridized carbons (Fsp3) is 0.857. The number of hydrogen-bond acceptors (Lipinski definition) is 4. The molecule has 0 bridgehead atoms. The highest BCUT2D eigenvalue weighted by atomic mass is 35.7. The first-order valence-electron chi connectivity index (χ1n) is 4.15. The lowest BCUT2D eigenvalue weighted by atomic mass is 10.1. The maximum absolute atomic E-state index is 11.4. The van der Waals surface area contributed by atoms with Gasteiger partial charge in [-0.3, -0.25) is 4.79 Å². The number of ether oxygens (including phenoxy) is 1. The molecule has 1 fully saturated rings. The molecule has 0 atom stereocenters. The number of esters is 1. The van der Waals surface area contributed by atoms with Gasteiger partial charge in [0, 0.05) is 10.7 Å². The highest BCUT2D eigenvalue weighted by Crippen LogP contribution is 2.25. The van der Waals surface area contributed by atoms with Crippen LogP contribution in [0.15, 0.2) is 0 Å². The van der Waals surface area contributed by atoms with Crippen molar-refractivity contribution in [2.24, 2.45) is 0 Å². The Hall–Kier alpha value is -0.330. The van der Waals surface area contributed by atoms with Gasteiger partial charge >= 0.3 is 5.97 Å². The second kappa shape index (κ2) is 3.67. The van der Waals surface area contributed by atoms with Crippen LogP contribution >= 0.6 is 10.7 Å². The van der Waals surface area contributed by atoms with Crippen LogP contribution in [0.25, 0.3) is 0 Å². The van der Waals surface area contributed by atoms with Gasteiger partial charge in [0.1, 0.15) is 11.6 Å². The van der Waals surface area contributed by atoms with Crippen molar-refractivity contribution in [3.05, 3.63) is 0 Å². The molecular weight excluding hydrogens is 230 g/mol. The number of nitrogens with one attached hydrogen (secondary N) is 1. The molecule has 82 valence electrons. The van der Waals surface area contributed by atoms with Gasteiger partial charge in [-0.2, -0.15) is 13.1 Å². The third-order valence-corrected chi connectivity index (χ3v) is 2.67. The lowest BCUT2D eigenvalue weighted by Crippen LogP contribution is -2.49. The Bertz CT molecular complexity index is 334. The van der Waals surface area contributed by atoms with Gasteiger partial charge in [-0.1, -0.05) is 0 Å². The summed E-state index contributed by atoms with van der Waals surface area (Å²) in [7, 11) is 1.05. The molecule has 0 aromatic rings. The van der Waals surface area contributed by atoms with E-state index in [0.717, 1.165) is 12.8 Å². The van der Waals surface area contributed by atoms with Crippen molar-refractivity contribution in [3.8, 4) is 0 Å². The molecule has 14 heavy (non-hydrogen) atoms. The second-order valence-corrected chi connectivity index (χ2v) is 6.07. The minimum atomic E-state index is -3.92. The van der Waals surface area contributed by atoms with E-state index in [1.165, 1.54) is 13.8 Å². The Labute approximate surface area is 87.3 Å². The largest absolute Gasteiger partial charge is 0.461 e. The average Bonchev–Trinajstić information content (AvgIpc) is 2.65. The van der Waals surface area contributed by atoms with Crippen LogP contribution in [0.1, 0.15) is 26.7 Å². The number of halogens is 1. The van der Waals surface area contributed by atoms with E-state index in [1.54, 1.807) is 0 Å². The minimum Gasteiger partial charge on any atom is -0.461 e. The number of carbonyl (C=O) groups is 1. The molecule has 7 heteroatoms. The van der Waals surface area contributed by atoms with Crippen LogP contribution in [0.5, 0.6) is 0 Å². The van der Waals surface area contributed by atoms with E-state index in [1.807, 2.05) is 4.72 Å². The van der Waals surface area contributed by atoms with Crippen molar-refractivity contribution in [1.82, 2.24) is 4.72 Å². The zero-order valence-corrected chi connectivity index (χ0v) is 9.48. The zero-order valence-electron chi connectivity index (χ0n) is 7.91. The number of hydrogen-bond donors (Lipinski definition) is 1. The molecular formula is C7H12ClNO4S. The van der Waals surface area contributed by atoms with Crippen molar-refractivity contribution in [3.63, 3.8) is 0 Å². The van der Waals surface area contributed by atoms with Gasteiger partial charge < -0.3 is 4.74 Å². The van der Waals surface area contributed by atoms with Gasteiger partial charge in [0.25, 0.3) is 9.24 Å². The van der Waals surface area contributed by atoms with Crippen molar-refractivity contribution >= 4 is 25.9 Å². The molecule has 0 amide bonds. The Kier molecular flexibility index (Phi) is 3.08. The lowest BCUT2D eigenvalue weighted by Gasteiger charge is -2.21. The van der Waals surface area contributed by atoms with Crippen LogP contribution in [-0.2, 0) is 18.8 Å². The number of carbonyl (C=O) groups excluding carboxylic acids is 1. The van der Waals surface area contributed by atoms with Crippen LogP contribution < -0.4 is 4.72 Å². The van der Waals surface area contributed by atoms with E-state index in [4.69, 9.17) is 15.4 Å². The standard InChI is InChI=1S/C7H12ClNO4S/c1-7(2,9-14(8,11)12)6(10)13-5-3-4-5/h5,9H,3-4H2,1-2H3. The highest BCUT2D eigenvalue weighted by Gasteiger charge is 2.37. The fourth-order valence-electron chi connectivity index (χ4n) is 0.831. The molecule has 5 nitrogen and oxygen atoms in total. The molecule has 1 saturated carbocycles. The van der Waals surface area contributed by atoms with Crippen molar-refractivity contribution < 1.29 is 17.9 Å². The molecule has 0 aromatic heterocycles. The quantitative estimate of drug-likeness (QED) is 0.576. The molecule has 0 spiro atoms. The summed E-state index contributed by atoms with van der Waals surface area (Å²) in [4.78, 5) is 11.4. The molecule has 0 aromatic carbocycles. The monoisotopic (exact) mass is 241 g/mol. The van der Waals surface area contributed by atoms with Crippen LogP contribution in [0, 0.1) is 0 Å². The topological polar surface area (TPSA) is 72.5 Å². The molecule has 0 unspecified atom stereocenters. The zero-order chi connectivity index (χ0) is 11.0. The summed E-state index contributed by atoms with van der Waals surface area (Å²) in [5.74, 6) is -0.607. The van der Waals surface area contributed by atoms with Crippen molar-refractivity contribution in [1.29, 1.82) is 0 Å². The Morgan fingerprint density at radius 3 is 2.36 bits per heavy atom. The molecule has 1 aliphatic rings. The van der Waals surface area contributed by atoms with Crippen molar-refractivity contribution in [2.75, 3.05) is 0 Å². The Morgan fingerprint density at radius 2 is 2.00 bits per heavy atom. The fourth-order valence-corrected chi connectivity index (χ4v) is 2.10. The van der Waals surface area contributed by atoms with E-state index >= 15 is 0 Å². The summed E-state index contributed by atoms with van der Waals surface area (Å²) >= 11 is 0. The maximum Gasteiger partial charge on any atom is 0.327 e. The van der Waals surface area contributed by atoms with Crippen LogP contribution in [-0.4, -0.2) is 26.0 Å². The van der Waals surface area contributed by atoms with Crippen LogP contribution in [0.3, 0.4) is 0 Å². The maximum atomic E-state index is 11.4. The normalized spacial score (nSPS) is 17.9. The summed E-state index contributed by atoms with van der Waals surface area (Å²) in [5, 5.41) is 0. The first kappa shape index (κ1) is 11.7. The first-order chi connectivity index (χ1) is 6.21. The summed E-state index contributed by atoms with van der Waals surface area (Å²) < 4.78 is 28.3. The van der Waals surface area contributed by atoms with Gasteiger partial charge in [0.15, 0.2) is 0 Å². The number of rotatable bonds is 4. The summed E-state index contributed by atoms with van der Waals surface area (Å²) in [6.45, 7) is 2.80. The minimum absolute atomic E-state index is 0.0541. The van der Waals surface area contributed by atoms with Gasteiger partial charge in [-0.15, -0.1) is 0 Å². The third kappa shape index (κ3) is 3.81. The predicted molar refractivity (Wildman–Crippen MR) is 51.1 cm³/mol. The lowest BCUT2D eigenvalue weighted by molar-refractivity contribution is -0.150. The van der Waals surface area contributed by atoms with E-state index in [0.29, 0.717) is 0 Å². The molecule has 0 saturated heterocycles. The van der Waals surface area contributed by atoms with E-state index in [-0.39, 0.29) is 6.10 Å². The molecule has 0 aliphatic heterocycles. The molecule has 0 heterocycles. The highest BCUT2D eigenvalue weighted by molar-refractivity contribution is 8.12. The Balaban J connectivity index is 2.58. The summed E-state index contributed by atoms with van der Waals surface area (Å²) in [6.07, 6.45) is 1.63. The Morgan fingerprint density at radius 1 is 1.50 bits per heavy atom. The molecule has 1 aliphatic carbocycles. The van der Waals surface area contributed by atoms with Gasteiger partial charge in [-0.05, 0) is 26.7 Å². The van der Waals surface area contributed by atoms with E-state index in [2.05, 4.69) is 0 Å². The van der Waals surface area contributed by atoms with Gasteiger partial charge in [0.05, 0.1) is 0 Å². The van der Waals surface area contributed by atoms with Gasteiger partial charge in [0.2, 0.25) is 0 Å². The second-order valence-electron chi connectivity index (χ2n) is 3.77. The summed E-state index contributed by atoms with van der Waals surface area (Å²) in [6, 6.07) is 0. The smallest absolute Gasteiger partial charge is 0.327 e. The van der Waals surface area contributed by atoms with Crippen LogP contribution in [0.4, 0.5) is 0 Å². The van der Waals surface area contributed by atoms with E-state index < -0.39 is 20.7 Å². The molecule has 1 rings (SSSR count). The van der Waals surface area contributed by atoms with Crippen LogP contribution in [0.2, 0.25) is 0 Å². The third-order valence-electron chi connectivity index (χ3n) is 1.69. The predicted octanol–water partition coefficient (Wildman–Crippen LogP) is 0.544. The first-order valence-corrected chi connectivity index (χ1v) is 6.46. The SMILES string of the molecule is CC(C)(NS(=O)(=O)Cl)C(=O)OC1CC1. The molecule has 0 radical (unpaired) electrons. The average molecular weight is 242 g/mol. The van der Waals surface area contributed by atoms with E-state index in [9.17, 15) is 13.2 Å². The van der Waals surface area contributed by atoms with Crippen molar-refractivity contribution in [2.45, 2.75) is 38.3 Å². The summed E-state index contributed by atoms with van der Waals surface area (Å²) in [5.41, 5.74) is -1.32. The van der Waals surface area contributed by atoms with Gasteiger partial charge in [-0.25, -0.2) is 0 Å².